The molecule has 2 aliphatic rings. The molecule has 2 aliphatic heterocycles. The summed E-state index contributed by atoms with van der Waals surface area (Å²) in [5.41, 5.74) is 1.50. The van der Waals surface area contributed by atoms with Crippen LogP contribution in [0.2, 0.25) is 10.0 Å². The molecule has 4 heterocycles. The van der Waals surface area contributed by atoms with Crippen molar-refractivity contribution in [3.8, 4) is 11.3 Å². The smallest absolute Gasteiger partial charge is 0.228 e. The van der Waals surface area contributed by atoms with Gasteiger partial charge in [-0.1, -0.05) is 23.2 Å². The van der Waals surface area contributed by atoms with E-state index in [1.807, 2.05) is 6.07 Å². The van der Waals surface area contributed by atoms with Crippen LogP contribution >= 0.6 is 23.2 Å². The van der Waals surface area contributed by atoms with Crippen LogP contribution in [-0.4, -0.2) is 58.7 Å². The second kappa shape index (κ2) is 9.27. The van der Waals surface area contributed by atoms with Crippen molar-refractivity contribution in [3.05, 3.63) is 52.7 Å². The van der Waals surface area contributed by atoms with Gasteiger partial charge in [0.25, 0.3) is 0 Å². The molecule has 0 saturated carbocycles. The minimum absolute atomic E-state index is 0.0825. The van der Waals surface area contributed by atoms with Gasteiger partial charge < -0.3 is 14.7 Å². The first-order valence-electron chi connectivity index (χ1n) is 11.1. The van der Waals surface area contributed by atoms with Crippen molar-refractivity contribution in [2.45, 2.75) is 25.8 Å². The van der Waals surface area contributed by atoms with Crippen LogP contribution in [0.25, 0.3) is 11.3 Å². The molecular weight excluding hydrogens is 464 g/mol. The van der Waals surface area contributed by atoms with Crippen molar-refractivity contribution in [3.63, 3.8) is 0 Å². The predicted octanol–water partition coefficient (Wildman–Crippen LogP) is 4.69. The number of hydrogen-bond donors (Lipinski definition) is 0. The highest BCUT2D eigenvalue weighted by Gasteiger charge is 2.26. The van der Waals surface area contributed by atoms with E-state index < -0.39 is 5.82 Å². The van der Waals surface area contributed by atoms with Crippen molar-refractivity contribution in [1.82, 2.24) is 19.9 Å². The lowest BCUT2D eigenvalue weighted by Gasteiger charge is -2.36. The van der Waals surface area contributed by atoms with Crippen LogP contribution in [0.4, 0.5) is 22.0 Å². The Morgan fingerprint density at radius 1 is 0.970 bits per heavy atom. The van der Waals surface area contributed by atoms with Crippen LogP contribution in [0.3, 0.4) is 0 Å². The van der Waals surface area contributed by atoms with E-state index >= 15 is 0 Å². The number of hydrogen-bond acceptors (Lipinski definition) is 7. The van der Waals surface area contributed by atoms with Gasteiger partial charge in [-0.15, -0.1) is 0 Å². The molecule has 2 fully saturated rings. The molecule has 3 aromatic rings. The molecule has 1 unspecified atom stereocenters. The average Bonchev–Trinajstić information content (AvgIpc) is 3.27. The van der Waals surface area contributed by atoms with E-state index in [9.17, 15) is 4.39 Å². The van der Waals surface area contributed by atoms with Gasteiger partial charge in [-0.2, -0.15) is 4.98 Å². The first-order valence-corrected chi connectivity index (χ1v) is 11.8. The van der Waals surface area contributed by atoms with Crippen molar-refractivity contribution in [2.24, 2.45) is 0 Å². The van der Waals surface area contributed by atoms with Gasteiger partial charge in [0.1, 0.15) is 23.0 Å². The van der Waals surface area contributed by atoms with Crippen molar-refractivity contribution in [1.29, 1.82) is 0 Å². The zero-order chi connectivity index (χ0) is 22.9. The van der Waals surface area contributed by atoms with Gasteiger partial charge in [0, 0.05) is 50.4 Å². The molecule has 0 aliphatic carbocycles. The van der Waals surface area contributed by atoms with Gasteiger partial charge in [-0.25, -0.2) is 19.3 Å². The van der Waals surface area contributed by atoms with Crippen LogP contribution in [0.15, 0.2) is 36.8 Å². The number of halogens is 3. The summed E-state index contributed by atoms with van der Waals surface area (Å²) in [7, 11) is 0. The summed E-state index contributed by atoms with van der Waals surface area (Å²) in [6.07, 6.45) is 5.36. The summed E-state index contributed by atoms with van der Waals surface area (Å²) >= 11 is 12.4. The third-order valence-electron chi connectivity index (χ3n) is 6.28. The lowest BCUT2D eigenvalue weighted by Crippen LogP contribution is -2.47. The molecule has 2 saturated heterocycles. The number of piperazine rings is 1. The Balaban J connectivity index is 1.45. The number of aromatic nitrogens is 4. The van der Waals surface area contributed by atoms with Crippen LogP contribution in [0.1, 0.15) is 19.8 Å². The largest absolute Gasteiger partial charge is 0.353 e. The highest BCUT2D eigenvalue weighted by molar-refractivity contribution is 6.32. The SMILES string of the molecule is CC1CCCN1c1nc(-c2ccc(F)c(Cl)c2)cc(N2CCN(c3ncncc3Cl)CC2)n1. The number of benzene rings is 1. The molecular formula is C23H24Cl2FN7. The van der Waals surface area contributed by atoms with E-state index in [1.165, 1.54) is 12.4 Å². The molecule has 0 bridgehead atoms. The minimum Gasteiger partial charge on any atom is -0.353 e. The summed E-state index contributed by atoms with van der Waals surface area (Å²) in [4.78, 5) is 24.7. The molecule has 7 nitrogen and oxygen atoms in total. The summed E-state index contributed by atoms with van der Waals surface area (Å²) in [5, 5.41) is 0.632. The molecule has 5 rings (SSSR count). The summed E-state index contributed by atoms with van der Waals surface area (Å²) < 4.78 is 13.8. The maximum Gasteiger partial charge on any atom is 0.228 e. The van der Waals surface area contributed by atoms with Gasteiger partial charge in [-0.3, -0.25) is 0 Å². The Labute approximate surface area is 202 Å². The Kier molecular flexibility index (Phi) is 6.21. The first kappa shape index (κ1) is 22.1. The fourth-order valence-corrected chi connectivity index (χ4v) is 4.84. The third-order valence-corrected chi connectivity index (χ3v) is 6.83. The molecule has 1 aromatic carbocycles. The minimum atomic E-state index is -0.442. The zero-order valence-corrected chi connectivity index (χ0v) is 19.8. The molecule has 0 spiro atoms. The Morgan fingerprint density at radius 3 is 2.45 bits per heavy atom. The van der Waals surface area contributed by atoms with E-state index in [1.54, 1.807) is 18.3 Å². The predicted molar refractivity (Wildman–Crippen MR) is 130 cm³/mol. The monoisotopic (exact) mass is 487 g/mol. The molecule has 0 N–H and O–H groups in total. The molecule has 33 heavy (non-hydrogen) atoms. The molecule has 2 aromatic heterocycles. The summed E-state index contributed by atoms with van der Waals surface area (Å²) in [6, 6.07) is 7.04. The second-order valence-corrected chi connectivity index (χ2v) is 9.21. The maximum atomic E-state index is 13.8. The lowest BCUT2D eigenvalue weighted by molar-refractivity contribution is 0.628. The van der Waals surface area contributed by atoms with Gasteiger partial charge >= 0.3 is 0 Å². The Bertz CT molecular complexity index is 1150. The average molecular weight is 488 g/mol. The van der Waals surface area contributed by atoms with Crippen LogP contribution in [0.5, 0.6) is 0 Å². The van der Waals surface area contributed by atoms with E-state index in [0.717, 1.165) is 68.5 Å². The third kappa shape index (κ3) is 4.54. The Hall–Kier alpha value is -2.71. The molecule has 10 heteroatoms. The standard InChI is InChI=1S/C23H24Cl2FN7/c1-15-3-2-6-33(15)23-29-20(16-4-5-19(26)17(24)11-16)12-21(30-23)31-7-9-32(10-8-31)22-18(25)13-27-14-28-22/h4-5,11-15H,2-3,6-10H2,1H3. The normalized spacial score (nSPS) is 18.8. The fourth-order valence-electron chi connectivity index (χ4n) is 4.43. The molecule has 0 radical (unpaired) electrons. The van der Waals surface area contributed by atoms with Crippen molar-refractivity contribution < 1.29 is 4.39 Å². The van der Waals surface area contributed by atoms with E-state index in [-0.39, 0.29) is 5.02 Å². The van der Waals surface area contributed by atoms with Crippen molar-refractivity contribution in [2.75, 3.05) is 47.4 Å². The molecule has 172 valence electrons. The highest BCUT2D eigenvalue weighted by atomic mass is 35.5. The van der Waals surface area contributed by atoms with Gasteiger partial charge in [0.05, 0.1) is 16.9 Å². The molecule has 1 atom stereocenters. The zero-order valence-electron chi connectivity index (χ0n) is 18.3. The number of rotatable bonds is 4. The lowest BCUT2D eigenvalue weighted by atomic mass is 10.1. The number of nitrogens with zero attached hydrogens (tertiary/aromatic N) is 7. The molecule has 0 amide bonds. The van der Waals surface area contributed by atoms with Crippen LogP contribution in [-0.2, 0) is 0 Å². The second-order valence-electron chi connectivity index (χ2n) is 8.39. The maximum absolute atomic E-state index is 13.8. The van der Waals surface area contributed by atoms with Gasteiger partial charge in [0.2, 0.25) is 5.95 Å². The fraction of sp³-hybridized carbons (Fsp3) is 0.391. The van der Waals surface area contributed by atoms with E-state index in [2.05, 4.69) is 31.6 Å². The quantitative estimate of drug-likeness (QED) is 0.528. The topological polar surface area (TPSA) is 61.3 Å². The number of anilines is 3. The summed E-state index contributed by atoms with van der Waals surface area (Å²) in [5.74, 6) is 1.86. The van der Waals surface area contributed by atoms with Crippen molar-refractivity contribution >= 4 is 40.8 Å². The summed E-state index contributed by atoms with van der Waals surface area (Å²) in [6.45, 7) is 6.16. The van der Waals surface area contributed by atoms with Gasteiger partial charge in [-0.05, 0) is 38.0 Å². The van der Waals surface area contributed by atoms with E-state index in [0.29, 0.717) is 17.0 Å². The van der Waals surface area contributed by atoms with Gasteiger partial charge in [0.15, 0.2) is 5.82 Å². The first-order chi connectivity index (χ1) is 16.0. The van der Waals surface area contributed by atoms with E-state index in [4.69, 9.17) is 33.2 Å². The highest BCUT2D eigenvalue weighted by Crippen LogP contribution is 2.31. The van der Waals surface area contributed by atoms with Crippen LogP contribution < -0.4 is 14.7 Å². The van der Waals surface area contributed by atoms with Crippen LogP contribution in [0, 0.1) is 5.82 Å². The Morgan fingerprint density at radius 2 is 1.76 bits per heavy atom.